The lowest BCUT2D eigenvalue weighted by atomic mass is 9.87. The minimum atomic E-state index is -0.140. The number of carbonyl (C=O) groups excluding carboxylic acids is 1. The van der Waals surface area contributed by atoms with Crippen molar-refractivity contribution in [1.82, 2.24) is 0 Å². The van der Waals surface area contributed by atoms with E-state index in [0.717, 1.165) is 36.8 Å². The molecule has 0 saturated heterocycles. The Kier molecular flexibility index (Phi) is 4.83. The van der Waals surface area contributed by atoms with Gasteiger partial charge in [0.25, 0.3) is 0 Å². The molecule has 1 aliphatic rings. The number of hydrogen-bond donors (Lipinski definition) is 0. The Bertz CT molecular complexity index is 500. The lowest BCUT2D eigenvalue weighted by Gasteiger charge is -2.20. The van der Waals surface area contributed by atoms with Crippen molar-refractivity contribution in [3.8, 4) is 0 Å². The van der Waals surface area contributed by atoms with Crippen molar-refractivity contribution in [2.45, 2.75) is 32.6 Å². The first-order valence-corrected chi connectivity index (χ1v) is 7.30. The highest BCUT2D eigenvalue weighted by atomic mass is 16.5. The van der Waals surface area contributed by atoms with Crippen LogP contribution >= 0.6 is 0 Å². The number of esters is 1. The molecule has 3 nitrogen and oxygen atoms in total. The normalized spacial score (nSPS) is 15.2. The number of hydrogen-bond acceptors (Lipinski definition) is 3. The zero-order valence-electron chi connectivity index (χ0n) is 12.6. The molecule has 0 atom stereocenters. The quantitative estimate of drug-likeness (QED) is 0.784. The summed E-state index contributed by atoms with van der Waals surface area (Å²) in [4.78, 5) is 14.1. The molecule has 1 aromatic carbocycles. The van der Waals surface area contributed by atoms with Crippen molar-refractivity contribution < 1.29 is 9.53 Å². The van der Waals surface area contributed by atoms with Crippen LogP contribution in [0.2, 0.25) is 0 Å². The standard InChI is InChI=1S/C17H23NO2/c1-4-20-17(19)16-8-6-5-7-15(16)13-9-11-14(12-10-13)18(2)3/h9-12H,4-8H2,1-3H3. The molecule has 1 aromatic rings. The van der Waals surface area contributed by atoms with E-state index in [1.165, 1.54) is 11.3 Å². The molecule has 0 radical (unpaired) electrons. The summed E-state index contributed by atoms with van der Waals surface area (Å²) in [6, 6.07) is 8.41. The molecule has 0 spiro atoms. The Morgan fingerprint density at radius 3 is 2.40 bits per heavy atom. The van der Waals surface area contributed by atoms with Crippen LogP contribution in [-0.2, 0) is 9.53 Å². The summed E-state index contributed by atoms with van der Waals surface area (Å²) in [5.74, 6) is -0.140. The van der Waals surface area contributed by atoms with Crippen LogP contribution < -0.4 is 4.90 Å². The fourth-order valence-corrected chi connectivity index (χ4v) is 2.63. The molecular formula is C17H23NO2. The third-order valence-corrected chi connectivity index (χ3v) is 3.72. The molecule has 0 N–H and O–H groups in total. The SMILES string of the molecule is CCOC(=O)C1=C(c2ccc(N(C)C)cc2)CCCC1. The van der Waals surface area contributed by atoms with Gasteiger partial charge >= 0.3 is 5.97 Å². The van der Waals surface area contributed by atoms with Gasteiger partial charge < -0.3 is 9.64 Å². The predicted molar refractivity (Wildman–Crippen MR) is 82.8 cm³/mol. The Morgan fingerprint density at radius 2 is 1.80 bits per heavy atom. The van der Waals surface area contributed by atoms with E-state index in [0.29, 0.717) is 6.61 Å². The molecular weight excluding hydrogens is 250 g/mol. The second-order valence-corrected chi connectivity index (χ2v) is 5.33. The van der Waals surface area contributed by atoms with E-state index < -0.39 is 0 Å². The minimum Gasteiger partial charge on any atom is -0.463 e. The van der Waals surface area contributed by atoms with Gasteiger partial charge in [0.1, 0.15) is 0 Å². The second-order valence-electron chi connectivity index (χ2n) is 5.33. The molecule has 0 aliphatic heterocycles. The molecule has 2 rings (SSSR count). The number of carbonyl (C=O) groups is 1. The maximum absolute atomic E-state index is 12.1. The van der Waals surface area contributed by atoms with E-state index in [4.69, 9.17) is 4.74 Å². The number of anilines is 1. The van der Waals surface area contributed by atoms with Crippen LogP contribution in [0.4, 0.5) is 5.69 Å². The Hall–Kier alpha value is -1.77. The van der Waals surface area contributed by atoms with Crippen molar-refractivity contribution in [2.75, 3.05) is 25.6 Å². The fraction of sp³-hybridized carbons (Fsp3) is 0.471. The van der Waals surface area contributed by atoms with Gasteiger partial charge in [-0.15, -0.1) is 0 Å². The summed E-state index contributed by atoms with van der Waals surface area (Å²) in [5, 5.41) is 0. The third-order valence-electron chi connectivity index (χ3n) is 3.72. The van der Waals surface area contributed by atoms with Crippen molar-refractivity contribution in [1.29, 1.82) is 0 Å². The Morgan fingerprint density at radius 1 is 1.15 bits per heavy atom. The van der Waals surface area contributed by atoms with E-state index in [1.807, 2.05) is 21.0 Å². The number of allylic oxidation sites excluding steroid dienone is 1. The summed E-state index contributed by atoms with van der Waals surface area (Å²) in [6.07, 6.45) is 4.03. The maximum atomic E-state index is 12.1. The first-order valence-electron chi connectivity index (χ1n) is 7.30. The topological polar surface area (TPSA) is 29.5 Å². The maximum Gasteiger partial charge on any atom is 0.334 e. The van der Waals surface area contributed by atoms with Gasteiger partial charge in [0.2, 0.25) is 0 Å². The highest BCUT2D eigenvalue weighted by Crippen LogP contribution is 2.33. The summed E-state index contributed by atoms with van der Waals surface area (Å²) in [6.45, 7) is 2.29. The number of benzene rings is 1. The van der Waals surface area contributed by atoms with Crippen LogP contribution in [0.25, 0.3) is 5.57 Å². The van der Waals surface area contributed by atoms with Crippen LogP contribution in [0.1, 0.15) is 38.2 Å². The number of ether oxygens (including phenoxy) is 1. The van der Waals surface area contributed by atoms with E-state index in [1.54, 1.807) is 0 Å². The molecule has 0 saturated carbocycles. The van der Waals surface area contributed by atoms with Gasteiger partial charge in [-0.3, -0.25) is 0 Å². The summed E-state index contributed by atoms with van der Waals surface area (Å²) in [7, 11) is 4.05. The average molecular weight is 273 g/mol. The molecule has 0 amide bonds. The number of nitrogens with zero attached hydrogens (tertiary/aromatic N) is 1. The predicted octanol–water partition coefficient (Wildman–Crippen LogP) is 3.64. The van der Waals surface area contributed by atoms with Crippen molar-refractivity contribution in [2.24, 2.45) is 0 Å². The monoisotopic (exact) mass is 273 g/mol. The lowest BCUT2D eigenvalue weighted by molar-refractivity contribution is -0.138. The van der Waals surface area contributed by atoms with Gasteiger partial charge in [-0.25, -0.2) is 4.79 Å². The molecule has 0 fully saturated rings. The highest BCUT2D eigenvalue weighted by molar-refractivity contribution is 5.98. The first-order chi connectivity index (χ1) is 9.63. The molecule has 1 aliphatic carbocycles. The summed E-state index contributed by atoms with van der Waals surface area (Å²) >= 11 is 0. The summed E-state index contributed by atoms with van der Waals surface area (Å²) < 4.78 is 5.19. The molecule has 20 heavy (non-hydrogen) atoms. The van der Waals surface area contributed by atoms with Crippen LogP contribution in [-0.4, -0.2) is 26.7 Å². The smallest absolute Gasteiger partial charge is 0.334 e. The van der Waals surface area contributed by atoms with Gasteiger partial charge in [0, 0.05) is 25.4 Å². The molecule has 108 valence electrons. The Labute approximate surface area is 121 Å². The van der Waals surface area contributed by atoms with Gasteiger partial charge in [-0.1, -0.05) is 12.1 Å². The van der Waals surface area contributed by atoms with E-state index in [9.17, 15) is 4.79 Å². The third kappa shape index (κ3) is 3.21. The van der Waals surface area contributed by atoms with Gasteiger partial charge in [-0.2, -0.15) is 0 Å². The fourth-order valence-electron chi connectivity index (χ4n) is 2.63. The highest BCUT2D eigenvalue weighted by Gasteiger charge is 2.21. The Balaban J connectivity index is 2.33. The van der Waals surface area contributed by atoms with Crippen LogP contribution in [0.3, 0.4) is 0 Å². The van der Waals surface area contributed by atoms with Crippen molar-refractivity contribution >= 4 is 17.2 Å². The molecule has 0 unspecified atom stereocenters. The molecule has 0 bridgehead atoms. The second kappa shape index (κ2) is 6.60. The number of rotatable bonds is 4. The lowest BCUT2D eigenvalue weighted by Crippen LogP contribution is -2.13. The van der Waals surface area contributed by atoms with Crippen LogP contribution in [0.5, 0.6) is 0 Å². The largest absolute Gasteiger partial charge is 0.463 e. The summed E-state index contributed by atoms with van der Waals surface area (Å²) in [5.41, 5.74) is 4.36. The van der Waals surface area contributed by atoms with Crippen LogP contribution in [0, 0.1) is 0 Å². The van der Waals surface area contributed by atoms with E-state index >= 15 is 0 Å². The zero-order chi connectivity index (χ0) is 14.5. The zero-order valence-corrected chi connectivity index (χ0v) is 12.6. The van der Waals surface area contributed by atoms with E-state index in [2.05, 4.69) is 29.2 Å². The molecule has 0 aromatic heterocycles. The first kappa shape index (κ1) is 14.6. The van der Waals surface area contributed by atoms with Crippen LogP contribution in [0.15, 0.2) is 29.8 Å². The van der Waals surface area contributed by atoms with Gasteiger partial charge in [-0.05, 0) is 55.9 Å². The molecule has 3 heteroatoms. The molecule has 0 heterocycles. The van der Waals surface area contributed by atoms with E-state index in [-0.39, 0.29) is 5.97 Å². The van der Waals surface area contributed by atoms with Crippen molar-refractivity contribution in [3.63, 3.8) is 0 Å². The average Bonchev–Trinajstić information content (AvgIpc) is 2.47. The minimum absolute atomic E-state index is 0.140. The van der Waals surface area contributed by atoms with Gasteiger partial charge in [0.15, 0.2) is 0 Å². The van der Waals surface area contributed by atoms with Crippen molar-refractivity contribution in [3.05, 3.63) is 35.4 Å². The van der Waals surface area contributed by atoms with Gasteiger partial charge in [0.05, 0.1) is 6.61 Å².